The van der Waals surface area contributed by atoms with Gasteiger partial charge in [0.1, 0.15) is 5.75 Å². The van der Waals surface area contributed by atoms with Crippen molar-refractivity contribution in [1.29, 1.82) is 0 Å². The summed E-state index contributed by atoms with van der Waals surface area (Å²) in [5.41, 5.74) is 0.560. The molecule has 2 aromatic carbocycles. The summed E-state index contributed by atoms with van der Waals surface area (Å²) in [6.45, 7) is 0. The van der Waals surface area contributed by atoms with Gasteiger partial charge in [-0.3, -0.25) is 0 Å². The quantitative estimate of drug-likeness (QED) is 0.716. The lowest BCUT2D eigenvalue weighted by molar-refractivity contribution is 0.151. The van der Waals surface area contributed by atoms with Crippen LogP contribution in [-0.2, 0) is 0 Å². The first-order valence-corrected chi connectivity index (χ1v) is 6.20. The highest BCUT2D eigenvalue weighted by Gasteiger charge is 2.19. The van der Waals surface area contributed by atoms with E-state index in [1.807, 2.05) is 0 Å². The molecule has 0 heterocycles. The normalized spacial score (nSPS) is 10.8. The first-order chi connectivity index (χ1) is 9.04. The van der Waals surface area contributed by atoms with Crippen molar-refractivity contribution >= 4 is 23.2 Å². The van der Waals surface area contributed by atoms with Crippen LogP contribution >= 0.6 is 23.2 Å². The summed E-state index contributed by atoms with van der Waals surface area (Å²) in [4.78, 5) is 0. The van der Waals surface area contributed by atoms with Gasteiger partial charge >= 0.3 is 0 Å². The van der Waals surface area contributed by atoms with Gasteiger partial charge in [-0.15, -0.1) is 0 Å². The fourth-order valence-corrected chi connectivity index (χ4v) is 2.43. The summed E-state index contributed by atoms with van der Waals surface area (Å²) in [5, 5.41) is 0.666. The highest BCUT2D eigenvalue weighted by molar-refractivity contribution is 6.39. The van der Waals surface area contributed by atoms with E-state index in [4.69, 9.17) is 27.9 Å². The maximum Gasteiger partial charge on any atom is 0.264 e. The van der Waals surface area contributed by atoms with E-state index in [0.29, 0.717) is 26.9 Å². The molecule has 0 saturated heterocycles. The van der Waals surface area contributed by atoms with E-state index in [0.717, 1.165) is 0 Å². The molecule has 2 aromatic rings. The minimum Gasteiger partial charge on any atom is -0.497 e. The fraction of sp³-hybridized carbons (Fsp3) is 0.143. The zero-order valence-corrected chi connectivity index (χ0v) is 11.5. The second-order valence-corrected chi connectivity index (χ2v) is 4.66. The van der Waals surface area contributed by atoms with Crippen molar-refractivity contribution in [3.05, 3.63) is 52.0 Å². The smallest absolute Gasteiger partial charge is 0.264 e. The lowest BCUT2D eigenvalue weighted by atomic mass is 9.99. The fourth-order valence-electron chi connectivity index (χ4n) is 1.83. The van der Waals surface area contributed by atoms with Crippen LogP contribution in [0.4, 0.5) is 8.78 Å². The Labute approximate surface area is 119 Å². The van der Waals surface area contributed by atoms with Crippen molar-refractivity contribution in [1.82, 2.24) is 0 Å². The number of benzene rings is 2. The van der Waals surface area contributed by atoms with Crippen molar-refractivity contribution in [2.45, 2.75) is 6.43 Å². The standard InChI is InChI=1S/C14H10Cl2F2O/c1-19-8-5-6-9(10(7-8)14(17)18)13-11(15)3-2-4-12(13)16/h2-7,14H,1H3. The molecule has 0 aliphatic rings. The number of rotatable bonds is 3. The van der Waals surface area contributed by atoms with E-state index in [9.17, 15) is 8.78 Å². The Bertz CT molecular complexity index is 580. The molecular weight excluding hydrogens is 293 g/mol. The van der Waals surface area contributed by atoms with E-state index in [1.54, 1.807) is 24.3 Å². The average Bonchev–Trinajstić information content (AvgIpc) is 2.38. The Hall–Kier alpha value is -1.32. The van der Waals surface area contributed by atoms with Gasteiger partial charge in [0, 0.05) is 21.2 Å². The van der Waals surface area contributed by atoms with Crippen molar-refractivity contribution in [3.63, 3.8) is 0 Å². The minimum atomic E-state index is -2.64. The number of ether oxygens (including phenoxy) is 1. The third-order valence-electron chi connectivity index (χ3n) is 2.73. The van der Waals surface area contributed by atoms with Crippen LogP contribution in [0.15, 0.2) is 36.4 Å². The van der Waals surface area contributed by atoms with Crippen LogP contribution in [0.25, 0.3) is 11.1 Å². The average molecular weight is 303 g/mol. The van der Waals surface area contributed by atoms with E-state index in [-0.39, 0.29) is 5.56 Å². The van der Waals surface area contributed by atoms with Crippen LogP contribution in [0, 0.1) is 0 Å². The zero-order chi connectivity index (χ0) is 14.0. The van der Waals surface area contributed by atoms with Crippen molar-refractivity contribution < 1.29 is 13.5 Å². The predicted molar refractivity (Wildman–Crippen MR) is 73.4 cm³/mol. The molecule has 0 fully saturated rings. The number of alkyl halides is 2. The van der Waals surface area contributed by atoms with Crippen LogP contribution in [0.5, 0.6) is 5.75 Å². The molecule has 1 nitrogen and oxygen atoms in total. The highest BCUT2D eigenvalue weighted by Crippen LogP contribution is 2.40. The second kappa shape index (κ2) is 5.76. The van der Waals surface area contributed by atoms with Crippen LogP contribution in [0.3, 0.4) is 0 Å². The molecule has 0 aliphatic heterocycles. The van der Waals surface area contributed by atoms with Crippen LogP contribution in [-0.4, -0.2) is 7.11 Å². The lowest BCUT2D eigenvalue weighted by Crippen LogP contribution is -1.94. The van der Waals surface area contributed by atoms with Gasteiger partial charge in [-0.2, -0.15) is 0 Å². The third kappa shape index (κ3) is 2.82. The summed E-state index contributed by atoms with van der Waals surface area (Å²) in [5.74, 6) is 0.363. The van der Waals surface area contributed by atoms with Crippen molar-refractivity contribution in [2.24, 2.45) is 0 Å². The molecule has 5 heteroatoms. The van der Waals surface area contributed by atoms with E-state index < -0.39 is 6.43 Å². The van der Waals surface area contributed by atoms with Gasteiger partial charge < -0.3 is 4.74 Å². The molecule has 0 saturated carbocycles. The molecule has 0 unspecified atom stereocenters. The largest absolute Gasteiger partial charge is 0.497 e. The number of methoxy groups -OCH3 is 1. The molecule has 100 valence electrons. The molecule has 19 heavy (non-hydrogen) atoms. The van der Waals surface area contributed by atoms with Crippen LogP contribution < -0.4 is 4.74 Å². The van der Waals surface area contributed by atoms with Gasteiger partial charge in [-0.05, 0) is 29.8 Å². The maximum atomic E-state index is 13.2. The molecule has 0 aromatic heterocycles. The first-order valence-electron chi connectivity index (χ1n) is 5.45. The molecule has 0 radical (unpaired) electrons. The summed E-state index contributed by atoms with van der Waals surface area (Å²) in [7, 11) is 1.42. The third-order valence-corrected chi connectivity index (χ3v) is 3.36. The zero-order valence-electron chi connectivity index (χ0n) is 9.96. The van der Waals surface area contributed by atoms with Gasteiger partial charge in [-0.25, -0.2) is 8.78 Å². The Kier molecular flexibility index (Phi) is 4.27. The summed E-state index contributed by atoms with van der Waals surface area (Å²) in [6, 6.07) is 9.32. The van der Waals surface area contributed by atoms with Crippen LogP contribution in [0.2, 0.25) is 10.0 Å². The van der Waals surface area contributed by atoms with Gasteiger partial charge in [0.05, 0.1) is 7.11 Å². The Morgan fingerprint density at radius 2 is 1.68 bits per heavy atom. The van der Waals surface area contributed by atoms with Gasteiger partial charge in [0.2, 0.25) is 0 Å². The number of hydrogen-bond acceptors (Lipinski definition) is 1. The summed E-state index contributed by atoms with van der Waals surface area (Å²) >= 11 is 12.1. The maximum absolute atomic E-state index is 13.2. The molecule has 2 rings (SSSR count). The van der Waals surface area contributed by atoms with Crippen LogP contribution in [0.1, 0.15) is 12.0 Å². The molecule has 0 bridgehead atoms. The van der Waals surface area contributed by atoms with Crippen molar-refractivity contribution in [2.75, 3.05) is 7.11 Å². The Balaban J connectivity index is 2.68. The molecule has 0 N–H and O–H groups in total. The molecule has 0 atom stereocenters. The van der Waals surface area contributed by atoms with E-state index in [1.165, 1.54) is 19.2 Å². The molecule has 0 amide bonds. The SMILES string of the molecule is COc1ccc(-c2c(Cl)cccc2Cl)c(C(F)F)c1. The molecule has 0 spiro atoms. The summed E-state index contributed by atoms with van der Waals surface area (Å²) < 4.78 is 31.3. The monoisotopic (exact) mass is 302 g/mol. The van der Waals surface area contributed by atoms with Gasteiger partial charge in [-0.1, -0.05) is 35.3 Å². The number of halogens is 4. The molecular formula is C14H10Cl2F2O. The first kappa shape index (κ1) is 14.1. The predicted octanol–water partition coefficient (Wildman–Crippen LogP) is 5.61. The van der Waals surface area contributed by atoms with E-state index in [2.05, 4.69) is 0 Å². The lowest BCUT2D eigenvalue weighted by Gasteiger charge is -2.13. The summed E-state index contributed by atoms with van der Waals surface area (Å²) in [6.07, 6.45) is -2.64. The number of hydrogen-bond donors (Lipinski definition) is 0. The van der Waals surface area contributed by atoms with E-state index >= 15 is 0 Å². The topological polar surface area (TPSA) is 9.23 Å². The Morgan fingerprint density at radius 3 is 2.21 bits per heavy atom. The Morgan fingerprint density at radius 1 is 1.05 bits per heavy atom. The highest BCUT2D eigenvalue weighted by atomic mass is 35.5. The minimum absolute atomic E-state index is 0.158. The van der Waals surface area contributed by atoms with Crippen molar-refractivity contribution in [3.8, 4) is 16.9 Å². The van der Waals surface area contributed by atoms with Gasteiger partial charge in [0.25, 0.3) is 6.43 Å². The molecule has 0 aliphatic carbocycles. The second-order valence-electron chi connectivity index (χ2n) is 3.85. The van der Waals surface area contributed by atoms with Gasteiger partial charge in [0.15, 0.2) is 0 Å².